The van der Waals surface area contributed by atoms with Gasteiger partial charge in [-0.25, -0.2) is 4.98 Å². The van der Waals surface area contributed by atoms with Gasteiger partial charge in [0, 0.05) is 11.4 Å². The van der Waals surface area contributed by atoms with Crippen molar-refractivity contribution in [1.82, 2.24) is 9.97 Å². The first kappa shape index (κ1) is 12.2. The van der Waals surface area contributed by atoms with Crippen molar-refractivity contribution in [1.29, 1.82) is 0 Å². The molecular formula is C11H10Cl2N2O2. The lowest BCUT2D eigenvalue weighted by molar-refractivity contribution is -0.140. The summed E-state index contributed by atoms with van der Waals surface area (Å²) in [6.07, 6.45) is 0.761. The molecule has 0 aliphatic heterocycles. The van der Waals surface area contributed by atoms with Gasteiger partial charge >= 0.3 is 5.97 Å². The van der Waals surface area contributed by atoms with Gasteiger partial charge in [-0.15, -0.1) is 0 Å². The number of aryl methyl sites for hydroxylation is 1. The second kappa shape index (κ2) is 4.94. The molecule has 2 rings (SSSR count). The van der Waals surface area contributed by atoms with Crippen molar-refractivity contribution in [2.45, 2.75) is 12.8 Å². The topological polar surface area (TPSA) is 55.0 Å². The van der Waals surface area contributed by atoms with Gasteiger partial charge in [0.05, 0.1) is 24.1 Å². The van der Waals surface area contributed by atoms with Crippen LogP contribution in [0.5, 0.6) is 0 Å². The molecule has 0 amide bonds. The highest BCUT2D eigenvalue weighted by Gasteiger charge is 2.09. The number of halogens is 2. The number of hydrogen-bond acceptors (Lipinski definition) is 3. The van der Waals surface area contributed by atoms with Crippen molar-refractivity contribution in [2.75, 3.05) is 7.11 Å². The molecule has 0 spiro atoms. The van der Waals surface area contributed by atoms with E-state index in [1.807, 2.05) is 0 Å². The zero-order chi connectivity index (χ0) is 12.4. The predicted octanol–water partition coefficient (Wildman–Crippen LogP) is 2.98. The Kier molecular flexibility index (Phi) is 3.54. The molecule has 17 heavy (non-hydrogen) atoms. The lowest BCUT2D eigenvalue weighted by Crippen LogP contribution is -2.02. The normalized spacial score (nSPS) is 10.8. The number of esters is 1. The number of H-pyrrole nitrogens is 1. The Morgan fingerprint density at radius 2 is 2.24 bits per heavy atom. The standard InChI is InChI=1S/C11H10Cl2N2O2/c1-17-10(16)3-2-9-14-8-5-6(12)4-7(13)11(8)15-9/h4-5H,2-3H2,1H3,(H,14,15). The van der Waals surface area contributed by atoms with E-state index in [9.17, 15) is 4.79 Å². The van der Waals surface area contributed by atoms with Crippen LogP contribution >= 0.6 is 23.2 Å². The average molecular weight is 273 g/mol. The van der Waals surface area contributed by atoms with E-state index in [1.54, 1.807) is 12.1 Å². The lowest BCUT2D eigenvalue weighted by Gasteiger charge is -1.95. The van der Waals surface area contributed by atoms with E-state index in [0.29, 0.717) is 27.8 Å². The van der Waals surface area contributed by atoms with E-state index >= 15 is 0 Å². The quantitative estimate of drug-likeness (QED) is 0.874. The van der Waals surface area contributed by atoms with E-state index in [2.05, 4.69) is 14.7 Å². The van der Waals surface area contributed by atoms with E-state index in [0.717, 1.165) is 5.52 Å². The summed E-state index contributed by atoms with van der Waals surface area (Å²) in [5.74, 6) is 0.421. The van der Waals surface area contributed by atoms with Crippen LogP contribution in [-0.4, -0.2) is 23.0 Å². The molecule has 1 heterocycles. The predicted molar refractivity (Wildman–Crippen MR) is 66.5 cm³/mol. The van der Waals surface area contributed by atoms with Crippen molar-refractivity contribution in [3.8, 4) is 0 Å². The Hall–Kier alpha value is -1.26. The van der Waals surface area contributed by atoms with Crippen molar-refractivity contribution in [2.24, 2.45) is 0 Å². The van der Waals surface area contributed by atoms with Crippen LogP contribution in [0.2, 0.25) is 10.0 Å². The SMILES string of the molecule is COC(=O)CCc1nc2c(Cl)cc(Cl)cc2[nH]1. The maximum atomic E-state index is 11.0. The molecule has 0 atom stereocenters. The molecule has 2 aromatic rings. The molecule has 90 valence electrons. The van der Waals surface area contributed by atoms with Crippen LogP contribution in [0.15, 0.2) is 12.1 Å². The Bertz CT molecular complexity index is 566. The molecule has 0 saturated heterocycles. The molecule has 0 bridgehead atoms. The van der Waals surface area contributed by atoms with Gasteiger partial charge in [-0.2, -0.15) is 0 Å². The van der Waals surface area contributed by atoms with Gasteiger partial charge in [0.2, 0.25) is 0 Å². The summed E-state index contributed by atoms with van der Waals surface area (Å²) in [4.78, 5) is 18.4. The third-order valence-electron chi connectivity index (χ3n) is 2.35. The molecule has 0 aliphatic rings. The molecule has 0 radical (unpaired) electrons. The van der Waals surface area contributed by atoms with Crippen LogP contribution in [0.1, 0.15) is 12.2 Å². The van der Waals surface area contributed by atoms with Gasteiger partial charge in [-0.05, 0) is 12.1 Å². The van der Waals surface area contributed by atoms with Gasteiger partial charge < -0.3 is 9.72 Å². The summed E-state index contributed by atoms with van der Waals surface area (Å²) in [7, 11) is 1.36. The molecular weight excluding hydrogens is 263 g/mol. The maximum Gasteiger partial charge on any atom is 0.305 e. The molecule has 0 unspecified atom stereocenters. The largest absolute Gasteiger partial charge is 0.469 e. The van der Waals surface area contributed by atoms with Crippen LogP contribution in [0.4, 0.5) is 0 Å². The number of carbonyl (C=O) groups excluding carboxylic acids is 1. The maximum absolute atomic E-state index is 11.0. The van der Waals surface area contributed by atoms with Crippen LogP contribution < -0.4 is 0 Å². The number of aromatic nitrogens is 2. The Morgan fingerprint density at radius 1 is 1.47 bits per heavy atom. The number of methoxy groups -OCH3 is 1. The van der Waals surface area contributed by atoms with Crippen LogP contribution in [0, 0.1) is 0 Å². The lowest BCUT2D eigenvalue weighted by atomic mass is 10.3. The summed E-state index contributed by atoms with van der Waals surface area (Å²) in [5.41, 5.74) is 1.43. The highest BCUT2D eigenvalue weighted by atomic mass is 35.5. The van der Waals surface area contributed by atoms with E-state index in [1.165, 1.54) is 7.11 Å². The molecule has 0 saturated carbocycles. The third kappa shape index (κ3) is 2.70. The van der Waals surface area contributed by atoms with E-state index in [-0.39, 0.29) is 12.4 Å². The highest BCUT2D eigenvalue weighted by Crippen LogP contribution is 2.26. The van der Waals surface area contributed by atoms with Gasteiger partial charge in [0.25, 0.3) is 0 Å². The van der Waals surface area contributed by atoms with Crippen molar-refractivity contribution in [3.63, 3.8) is 0 Å². The monoisotopic (exact) mass is 272 g/mol. The van der Waals surface area contributed by atoms with E-state index in [4.69, 9.17) is 23.2 Å². The number of nitrogens with zero attached hydrogens (tertiary/aromatic N) is 1. The van der Waals surface area contributed by atoms with Crippen molar-refractivity contribution < 1.29 is 9.53 Å². The second-order valence-corrected chi connectivity index (χ2v) is 4.39. The number of hydrogen-bond donors (Lipinski definition) is 1. The Labute approximate surface area is 108 Å². The fourth-order valence-corrected chi connectivity index (χ4v) is 2.07. The van der Waals surface area contributed by atoms with E-state index < -0.39 is 0 Å². The van der Waals surface area contributed by atoms with Gasteiger partial charge in [-0.1, -0.05) is 23.2 Å². The van der Waals surface area contributed by atoms with Crippen LogP contribution in [0.25, 0.3) is 11.0 Å². The van der Waals surface area contributed by atoms with Crippen LogP contribution in [-0.2, 0) is 16.0 Å². The summed E-state index contributed by atoms with van der Waals surface area (Å²) < 4.78 is 4.56. The number of ether oxygens (including phenoxy) is 1. The first-order valence-corrected chi connectivity index (χ1v) is 5.76. The van der Waals surface area contributed by atoms with Crippen LogP contribution in [0.3, 0.4) is 0 Å². The summed E-state index contributed by atoms with van der Waals surface area (Å²) >= 11 is 11.9. The summed E-state index contributed by atoms with van der Waals surface area (Å²) in [5, 5.41) is 1.04. The third-order valence-corrected chi connectivity index (χ3v) is 2.85. The zero-order valence-corrected chi connectivity index (χ0v) is 10.6. The molecule has 4 nitrogen and oxygen atoms in total. The minimum Gasteiger partial charge on any atom is -0.469 e. The molecule has 1 aromatic carbocycles. The fourth-order valence-electron chi connectivity index (χ4n) is 1.53. The number of benzene rings is 1. The minimum absolute atomic E-state index is 0.269. The zero-order valence-electron chi connectivity index (χ0n) is 9.09. The number of rotatable bonds is 3. The first-order valence-electron chi connectivity index (χ1n) is 5.00. The Balaban J connectivity index is 2.26. The fraction of sp³-hybridized carbons (Fsp3) is 0.273. The van der Waals surface area contributed by atoms with Crippen molar-refractivity contribution in [3.05, 3.63) is 28.0 Å². The number of nitrogens with one attached hydrogen (secondary N) is 1. The summed E-state index contributed by atoms with van der Waals surface area (Å²) in [6.45, 7) is 0. The number of carbonyl (C=O) groups is 1. The van der Waals surface area contributed by atoms with Gasteiger partial charge in [-0.3, -0.25) is 4.79 Å². The summed E-state index contributed by atoms with van der Waals surface area (Å²) in [6, 6.07) is 3.38. The number of aromatic amines is 1. The minimum atomic E-state index is -0.269. The molecule has 0 aliphatic carbocycles. The van der Waals surface area contributed by atoms with Crippen molar-refractivity contribution >= 4 is 40.2 Å². The molecule has 1 N–H and O–H groups in total. The second-order valence-electron chi connectivity index (χ2n) is 3.54. The molecule has 6 heteroatoms. The van der Waals surface area contributed by atoms with Gasteiger partial charge in [0.15, 0.2) is 0 Å². The van der Waals surface area contributed by atoms with Gasteiger partial charge in [0.1, 0.15) is 11.3 Å². The number of fused-ring (bicyclic) bond motifs is 1. The molecule has 0 fully saturated rings. The smallest absolute Gasteiger partial charge is 0.305 e. The Morgan fingerprint density at radius 3 is 2.94 bits per heavy atom. The molecule has 1 aromatic heterocycles. The number of imidazole rings is 1. The average Bonchev–Trinajstić information content (AvgIpc) is 2.69. The first-order chi connectivity index (χ1) is 8.10. The highest BCUT2D eigenvalue weighted by molar-refractivity contribution is 6.38.